The molecule has 1 N–H and O–H groups in total. The van der Waals surface area contributed by atoms with Crippen LogP contribution in [0.5, 0.6) is 11.5 Å². The predicted molar refractivity (Wildman–Crippen MR) is 81.7 cm³/mol. The second-order valence-corrected chi connectivity index (χ2v) is 5.40. The van der Waals surface area contributed by atoms with Crippen molar-refractivity contribution in [2.45, 2.75) is 32.5 Å². The summed E-state index contributed by atoms with van der Waals surface area (Å²) in [6, 6.07) is 13.8. The van der Waals surface area contributed by atoms with Crippen LogP contribution in [0.2, 0.25) is 0 Å². The Labute approximate surface area is 125 Å². The molecule has 110 valence electrons. The first-order valence-corrected chi connectivity index (χ1v) is 7.35. The largest absolute Gasteiger partial charge is 0.494 e. The van der Waals surface area contributed by atoms with E-state index in [1.54, 1.807) is 0 Å². The molecular weight excluding hydrogens is 264 g/mol. The van der Waals surface area contributed by atoms with E-state index in [4.69, 9.17) is 9.47 Å². The lowest BCUT2D eigenvalue weighted by molar-refractivity contribution is 0.0655. The molecule has 1 unspecified atom stereocenters. The minimum Gasteiger partial charge on any atom is -0.494 e. The van der Waals surface area contributed by atoms with Gasteiger partial charge >= 0.3 is 0 Å². The lowest BCUT2D eigenvalue weighted by atomic mass is 9.94. The van der Waals surface area contributed by atoms with Gasteiger partial charge in [0, 0.05) is 12.0 Å². The quantitative estimate of drug-likeness (QED) is 0.927. The predicted octanol–water partition coefficient (Wildman–Crippen LogP) is 3.95. The van der Waals surface area contributed by atoms with Crippen molar-refractivity contribution in [2.24, 2.45) is 0 Å². The second kappa shape index (κ2) is 5.78. The Morgan fingerprint density at radius 1 is 1.24 bits per heavy atom. The van der Waals surface area contributed by atoms with Gasteiger partial charge in [0.2, 0.25) is 0 Å². The van der Waals surface area contributed by atoms with Crippen LogP contribution in [0.3, 0.4) is 0 Å². The molecular formula is C18H20O3. The third-order valence-electron chi connectivity index (χ3n) is 3.77. The van der Waals surface area contributed by atoms with Crippen molar-refractivity contribution in [2.75, 3.05) is 6.61 Å². The zero-order valence-electron chi connectivity index (χ0n) is 12.4. The normalized spacial score (nSPS) is 20.5. The van der Waals surface area contributed by atoms with E-state index in [1.807, 2.05) is 56.3 Å². The van der Waals surface area contributed by atoms with Gasteiger partial charge in [0.05, 0.1) is 12.7 Å². The highest BCUT2D eigenvalue weighted by Crippen LogP contribution is 2.41. The van der Waals surface area contributed by atoms with Gasteiger partial charge in [0.1, 0.15) is 17.6 Å². The number of ether oxygens (including phenoxy) is 2. The van der Waals surface area contributed by atoms with Crippen LogP contribution in [-0.4, -0.2) is 11.7 Å². The van der Waals surface area contributed by atoms with Gasteiger partial charge in [-0.2, -0.15) is 0 Å². The molecule has 2 atom stereocenters. The van der Waals surface area contributed by atoms with Crippen LogP contribution in [0.4, 0.5) is 0 Å². The minimum absolute atomic E-state index is 0.143. The van der Waals surface area contributed by atoms with Crippen LogP contribution in [-0.2, 0) is 0 Å². The molecule has 3 rings (SSSR count). The molecule has 2 aromatic carbocycles. The molecule has 1 aliphatic heterocycles. The van der Waals surface area contributed by atoms with E-state index in [0.717, 1.165) is 28.2 Å². The van der Waals surface area contributed by atoms with E-state index >= 15 is 0 Å². The molecule has 0 aromatic heterocycles. The summed E-state index contributed by atoms with van der Waals surface area (Å²) in [7, 11) is 0. The van der Waals surface area contributed by atoms with Gasteiger partial charge in [0.25, 0.3) is 0 Å². The number of benzene rings is 2. The molecule has 0 radical (unpaired) electrons. The summed E-state index contributed by atoms with van der Waals surface area (Å²) in [5.74, 6) is 1.61. The maximum absolute atomic E-state index is 10.4. The average Bonchev–Trinajstić information content (AvgIpc) is 2.48. The van der Waals surface area contributed by atoms with Crippen LogP contribution in [0.1, 0.15) is 42.2 Å². The minimum atomic E-state index is -0.491. The molecule has 0 saturated carbocycles. The highest BCUT2D eigenvalue weighted by Gasteiger charge is 2.28. The summed E-state index contributed by atoms with van der Waals surface area (Å²) in [5.41, 5.74) is 3.05. The molecule has 0 amide bonds. The van der Waals surface area contributed by atoms with Crippen LogP contribution < -0.4 is 9.47 Å². The molecule has 0 aliphatic carbocycles. The lowest BCUT2D eigenvalue weighted by Gasteiger charge is -2.30. The van der Waals surface area contributed by atoms with Crippen LogP contribution in [0, 0.1) is 6.92 Å². The maximum Gasteiger partial charge on any atom is 0.127 e. The van der Waals surface area contributed by atoms with E-state index in [2.05, 4.69) is 0 Å². The molecule has 1 aliphatic rings. The molecule has 2 aromatic rings. The van der Waals surface area contributed by atoms with E-state index in [9.17, 15) is 5.11 Å². The molecule has 21 heavy (non-hydrogen) atoms. The fourth-order valence-electron chi connectivity index (χ4n) is 2.74. The summed E-state index contributed by atoms with van der Waals surface area (Å²) < 4.78 is 11.6. The zero-order valence-corrected chi connectivity index (χ0v) is 12.4. The summed E-state index contributed by atoms with van der Waals surface area (Å²) in [6.45, 7) is 4.62. The van der Waals surface area contributed by atoms with Crippen LogP contribution in [0.25, 0.3) is 0 Å². The Morgan fingerprint density at radius 2 is 2.10 bits per heavy atom. The maximum atomic E-state index is 10.4. The van der Waals surface area contributed by atoms with Gasteiger partial charge in [-0.1, -0.05) is 23.8 Å². The molecule has 0 spiro atoms. The summed E-state index contributed by atoms with van der Waals surface area (Å²) >= 11 is 0. The van der Waals surface area contributed by atoms with Gasteiger partial charge in [0.15, 0.2) is 0 Å². The molecule has 3 nitrogen and oxygen atoms in total. The van der Waals surface area contributed by atoms with Crippen molar-refractivity contribution < 1.29 is 14.6 Å². The molecule has 1 heterocycles. The fourth-order valence-corrected chi connectivity index (χ4v) is 2.74. The lowest BCUT2D eigenvalue weighted by Crippen LogP contribution is -2.19. The SMILES string of the molecule is CCOc1cccc(C2C[C@H](O)c3cc(C)ccc3O2)c1. The second-order valence-electron chi connectivity index (χ2n) is 5.40. The highest BCUT2D eigenvalue weighted by molar-refractivity contribution is 5.41. The summed E-state index contributed by atoms with van der Waals surface area (Å²) in [4.78, 5) is 0. The van der Waals surface area contributed by atoms with E-state index < -0.39 is 6.10 Å². The Kier molecular flexibility index (Phi) is 3.84. The van der Waals surface area contributed by atoms with Crippen molar-refractivity contribution >= 4 is 0 Å². The number of aliphatic hydroxyl groups is 1. The zero-order chi connectivity index (χ0) is 14.8. The van der Waals surface area contributed by atoms with Crippen LogP contribution >= 0.6 is 0 Å². The first-order valence-electron chi connectivity index (χ1n) is 7.35. The van der Waals surface area contributed by atoms with Crippen molar-refractivity contribution in [3.8, 4) is 11.5 Å². The number of fused-ring (bicyclic) bond motifs is 1. The highest BCUT2D eigenvalue weighted by atomic mass is 16.5. The number of aliphatic hydroxyl groups excluding tert-OH is 1. The third kappa shape index (κ3) is 2.88. The smallest absolute Gasteiger partial charge is 0.127 e. The number of hydrogen-bond donors (Lipinski definition) is 1. The van der Waals surface area contributed by atoms with E-state index in [0.29, 0.717) is 13.0 Å². The molecule has 0 bridgehead atoms. The molecule has 0 fully saturated rings. The van der Waals surface area contributed by atoms with Crippen molar-refractivity contribution in [1.82, 2.24) is 0 Å². The monoisotopic (exact) mass is 284 g/mol. The van der Waals surface area contributed by atoms with Crippen molar-refractivity contribution in [1.29, 1.82) is 0 Å². The standard InChI is InChI=1S/C18H20O3/c1-3-20-14-6-4-5-13(10-14)18-11-16(19)15-9-12(2)7-8-17(15)21-18/h4-10,16,18-19H,3,11H2,1-2H3/t16-,18?/m0/s1. The Balaban J connectivity index is 1.88. The Hall–Kier alpha value is -2.00. The third-order valence-corrected chi connectivity index (χ3v) is 3.77. The van der Waals surface area contributed by atoms with Gasteiger partial charge in [-0.25, -0.2) is 0 Å². The van der Waals surface area contributed by atoms with Gasteiger partial charge in [-0.05, 0) is 43.7 Å². The number of aryl methyl sites for hydroxylation is 1. The number of hydrogen-bond acceptors (Lipinski definition) is 3. The van der Waals surface area contributed by atoms with Gasteiger partial charge in [-0.3, -0.25) is 0 Å². The Morgan fingerprint density at radius 3 is 2.90 bits per heavy atom. The fraction of sp³-hybridized carbons (Fsp3) is 0.333. The summed E-state index contributed by atoms with van der Waals surface area (Å²) in [6.07, 6.45) is -0.0727. The van der Waals surface area contributed by atoms with Crippen molar-refractivity contribution in [3.05, 3.63) is 59.2 Å². The topological polar surface area (TPSA) is 38.7 Å². The first-order chi connectivity index (χ1) is 10.2. The van der Waals surface area contributed by atoms with Crippen LogP contribution in [0.15, 0.2) is 42.5 Å². The first kappa shape index (κ1) is 14.0. The van der Waals surface area contributed by atoms with Gasteiger partial charge < -0.3 is 14.6 Å². The Bertz CT molecular complexity index is 636. The van der Waals surface area contributed by atoms with Crippen molar-refractivity contribution in [3.63, 3.8) is 0 Å². The number of rotatable bonds is 3. The average molecular weight is 284 g/mol. The van der Waals surface area contributed by atoms with E-state index in [-0.39, 0.29) is 6.10 Å². The van der Waals surface area contributed by atoms with Gasteiger partial charge in [-0.15, -0.1) is 0 Å². The van der Waals surface area contributed by atoms with E-state index in [1.165, 1.54) is 0 Å². The molecule has 0 saturated heterocycles. The molecule has 3 heteroatoms. The summed E-state index contributed by atoms with van der Waals surface area (Å²) in [5, 5.41) is 10.4.